The van der Waals surface area contributed by atoms with Gasteiger partial charge in [0.15, 0.2) is 5.13 Å². The first-order chi connectivity index (χ1) is 8.79. The first-order valence-corrected chi connectivity index (χ1v) is 6.26. The number of halogens is 3. The molecule has 2 rings (SSSR count). The summed E-state index contributed by atoms with van der Waals surface area (Å²) in [5, 5.41) is 4.12. The topological polar surface area (TPSA) is 42.2 Å². The summed E-state index contributed by atoms with van der Waals surface area (Å²) >= 11 is 0.620. The highest BCUT2D eigenvalue weighted by atomic mass is 32.1. The molecule has 8 heteroatoms. The van der Waals surface area contributed by atoms with Crippen LogP contribution in [0.4, 0.5) is 18.3 Å². The number of hydrogen-bond acceptors (Lipinski definition) is 5. The Balaban J connectivity index is 2.17. The Bertz CT molecular complexity index is 556. The summed E-state index contributed by atoms with van der Waals surface area (Å²) in [7, 11) is 1.69. The average molecular weight is 291 g/mol. The molecule has 0 saturated carbocycles. The van der Waals surface area contributed by atoms with Gasteiger partial charge in [-0.3, -0.25) is 0 Å². The molecule has 2 heterocycles. The molecule has 0 unspecified atom stereocenters. The van der Waals surface area contributed by atoms with Gasteiger partial charge in [0, 0.05) is 12.6 Å². The molecule has 0 aliphatic carbocycles. The Morgan fingerprint density at radius 1 is 1.37 bits per heavy atom. The molecule has 0 amide bonds. The Morgan fingerprint density at radius 2 is 2.05 bits per heavy atom. The van der Waals surface area contributed by atoms with E-state index in [-0.39, 0.29) is 0 Å². The second-order valence-corrected chi connectivity index (χ2v) is 5.17. The van der Waals surface area contributed by atoms with Crippen LogP contribution in [0.5, 0.6) is 0 Å². The molecule has 0 aliphatic rings. The molecule has 0 bridgehead atoms. The van der Waals surface area contributed by atoms with Crippen molar-refractivity contribution in [2.24, 2.45) is 0 Å². The summed E-state index contributed by atoms with van der Waals surface area (Å²) in [4.78, 5) is 4.74. The van der Waals surface area contributed by atoms with Gasteiger partial charge in [-0.05, 0) is 13.8 Å². The number of aryl methyl sites for hydroxylation is 2. The van der Waals surface area contributed by atoms with E-state index in [1.807, 2.05) is 0 Å². The maximum absolute atomic E-state index is 12.5. The van der Waals surface area contributed by atoms with E-state index < -0.39 is 11.1 Å². The van der Waals surface area contributed by atoms with Crippen LogP contribution in [0, 0.1) is 13.8 Å². The van der Waals surface area contributed by atoms with Crippen molar-refractivity contribution in [3.05, 3.63) is 28.1 Å². The van der Waals surface area contributed by atoms with Gasteiger partial charge < -0.3 is 9.42 Å². The first-order valence-electron chi connectivity index (χ1n) is 5.45. The largest absolute Gasteiger partial charge is 0.427 e. The molecule has 4 nitrogen and oxygen atoms in total. The number of alkyl halides is 3. The van der Waals surface area contributed by atoms with Crippen LogP contribution in [0.15, 0.2) is 10.7 Å². The van der Waals surface area contributed by atoms with Crippen molar-refractivity contribution in [1.82, 2.24) is 10.1 Å². The zero-order chi connectivity index (χ0) is 14.2. The first kappa shape index (κ1) is 13.9. The summed E-state index contributed by atoms with van der Waals surface area (Å²) in [5.74, 6) is 0.664. The summed E-state index contributed by atoms with van der Waals surface area (Å²) in [5.41, 5.74) is 1.60. The third-order valence-electron chi connectivity index (χ3n) is 2.68. The lowest BCUT2D eigenvalue weighted by Gasteiger charge is -2.15. The Hall–Kier alpha value is -1.57. The van der Waals surface area contributed by atoms with Crippen LogP contribution in [0.1, 0.15) is 21.9 Å². The lowest BCUT2D eigenvalue weighted by atomic mass is 10.2. The highest BCUT2D eigenvalue weighted by Crippen LogP contribution is 2.36. The van der Waals surface area contributed by atoms with Crippen LogP contribution in [-0.2, 0) is 12.7 Å². The fraction of sp³-hybridized carbons (Fsp3) is 0.455. The third kappa shape index (κ3) is 2.89. The second kappa shape index (κ2) is 4.84. The molecule has 0 aromatic carbocycles. The summed E-state index contributed by atoms with van der Waals surface area (Å²) in [6.45, 7) is 3.97. The SMILES string of the molecule is Cc1noc(C)c1CN(C)c1ncc(C(F)(F)F)s1. The van der Waals surface area contributed by atoms with Crippen molar-refractivity contribution < 1.29 is 17.7 Å². The van der Waals surface area contributed by atoms with E-state index in [2.05, 4.69) is 10.1 Å². The van der Waals surface area contributed by atoms with Crippen LogP contribution in [0.25, 0.3) is 0 Å². The molecular formula is C11H12F3N3OS. The number of hydrogen-bond donors (Lipinski definition) is 0. The van der Waals surface area contributed by atoms with E-state index in [9.17, 15) is 13.2 Å². The van der Waals surface area contributed by atoms with Gasteiger partial charge in [-0.1, -0.05) is 16.5 Å². The van der Waals surface area contributed by atoms with Gasteiger partial charge in [0.1, 0.15) is 10.6 Å². The minimum absolute atomic E-state index is 0.312. The Morgan fingerprint density at radius 3 is 2.53 bits per heavy atom. The van der Waals surface area contributed by atoms with Crippen molar-refractivity contribution in [3.8, 4) is 0 Å². The molecule has 0 fully saturated rings. The molecule has 2 aromatic rings. The predicted molar refractivity (Wildman–Crippen MR) is 65.2 cm³/mol. The number of nitrogens with zero attached hydrogens (tertiary/aromatic N) is 3. The lowest BCUT2D eigenvalue weighted by molar-refractivity contribution is -0.134. The van der Waals surface area contributed by atoms with Gasteiger partial charge >= 0.3 is 6.18 Å². The summed E-state index contributed by atoms with van der Waals surface area (Å²) in [6.07, 6.45) is -3.50. The van der Waals surface area contributed by atoms with Crippen molar-refractivity contribution in [1.29, 1.82) is 0 Å². The van der Waals surface area contributed by atoms with Crippen LogP contribution in [-0.4, -0.2) is 17.2 Å². The number of anilines is 1. The van der Waals surface area contributed by atoms with Crippen molar-refractivity contribution >= 4 is 16.5 Å². The normalized spacial score (nSPS) is 11.9. The average Bonchev–Trinajstić information content (AvgIpc) is 2.90. The molecular weight excluding hydrogens is 279 g/mol. The van der Waals surface area contributed by atoms with E-state index >= 15 is 0 Å². The Labute approximate surface area is 111 Å². The second-order valence-electron chi connectivity index (χ2n) is 4.16. The lowest BCUT2D eigenvalue weighted by Crippen LogP contribution is -2.16. The van der Waals surface area contributed by atoms with E-state index in [0.717, 1.165) is 17.5 Å². The highest BCUT2D eigenvalue weighted by Gasteiger charge is 2.33. The minimum Gasteiger partial charge on any atom is -0.361 e. The summed E-state index contributed by atoms with van der Waals surface area (Å²) in [6, 6.07) is 0. The molecule has 104 valence electrons. The maximum Gasteiger partial charge on any atom is 0.427 e. The van der Waals surface area contributed by atoms with E-state index in [1.165, 1.54) is 0 Å². The predicted octanol–water partition coefficient (Wildman–Crippen LogP) is 3.40. The molecule has 0 saturated heterocycles. The molecule has 2 aromatic heterocycles. The number of rotatable bonds is 3. The molecule has 0 aliphatic heterocycles. The smallest absolute Gasteiger partial charge is 0.361 e. The zero-order valence-electron chi connectivity index (χ0n) is 10.6. The standard InChI is InChI=1S/C11H12F3N3OS/c1-6-8(7(2)18-16-6)5-17(3)10-15-4-9(19-10)11(12,13)14/h4H,5H2,1-3H3. The molecule has 19 heavy (non-hydrogen) atoms. The fourth-order valence-corrected chi connectivity index (χ4v) is 2.35. The van der Waals surface area contributed by atoms with Crippen molar-refractivity contribution in [2.45, 2.75) is 26.6 Å². The van der Waals surface area contributed by atoms with E-state index in [1.54, 1.807) is 25.8 Å². The van der Waals surface area contributed by atoms with Crippen LogP contribution >= 0.6 is 11.3 Å². The van der Waals surface area contributed by atoms with E-state index in [4.69, 9.17) is 4.52 Å². The van der Waals surface area contributed by atoms with Gasteiger partial charge in [0.05, 0.1) is 18.4 Å². The van der Waals surface area contributed by atoms with E-state index in [0.29, 0.717) is 28.8 Å². The van der Waals surface area contributed by atoms with Gasteiger partial charge in [-0.25, -0.2) is 4.98 Å². The zero-order valence-corrected chi connectivity index (χ0v) is 11.4. The van der Waals surface area contributed by atoms with Gasteiger partial charge in [-0.2, -0.15) is 13.2 Å². The highest BCUT2D eigenvalue weighted by molar-refractivity contribution is 7.15. The van der Waals surface area contributed by atoms with Crippen molar-refractivity contribution in [3.63, 3.8) is 0 Å². The molecule has 0 N–H and O–H groups in total. The molecule has 0 spiro atoms. The Kier molecular flexibility index (Phi) is 3.53. The quantitative estimate of drug-likeness (QED) is 0.869. The van der Waals surface area contributed by atoms with Crippen LogP contribution in [0.3, 0.4) is 0 Å². The summed E-state index contributed by atoms with van der Waals surface area (Å²) < 4.78 is 42.5. The number of thiazole rings is 1. The van der Waals surface area contributed by atoms with Crippen LogP contribution in [0.2, 0.25) is 0 Å². The van der Waals surface area contributed by atoms with Gasteiger partial charge in [0.2, 0.25) is 0 Å². The molecule has 0 atom stereocenters. The number of aromatic nitrogens is 2. The third-order valence-corrected chi connectivity index (χ3v) is 3.83. The van der Waals surface area contributed by atoms with Gasteiger partial charge in [-0.15, -0.1) is 0 Å². The minimum atomic E-state index is -4.35. The monoisotopic (exact) mass is 291 g/mol. The maximum atomic E-state index is 12.5. The van der Waals surface area contributed by atoms with Gasteiger partial charge in [0.25, 0.3) is 0 Å². The van der Waals surface area contributed by atoms with Crippen molar-refractivity contribution in [2.75, 3.05) is 11.9 Å². The molecule has 0 radical (unpaired) electrons. The fourth-order valence-electron chi connectivity index (χ4n) is 1.60. The van der Waals surface area contributed by atoms with Crippen LogP contribution < -0.4 is 4.90 Å².